The molecule has 2 aromatic carbocycles. The van der Waals surface area contributed by atoms with Gasteiger partial charge in [0.05, 0.1) is 0 Å². The zero-order chi connectivity index (χ0) is 20.8. The van der Waals surface area contributed by atoms with Crippen molar-refractivity contribution in [2.45, 2.75) is 31.4 Å². The summed E-state index contributed by atoms with van der Waals surface area (Å²) >= 11 is 8.55. The fraction of sp³-hybridized carbons (Fsp3) is 0.294. The Morgan fingerprint density at radius 2 is 1.48 bits per heavy atom. The first-order valence-corrected chi connectivity index (χ1v) is 8.51. The van der Waals surface area contributed by atoms with E-state index in [4.69, 9.17) is 11.6 Å². The first-order chi connectivity index (χ1) is 12.2. The van der Waals surface area contributed by atoms with Crippen LogP contribution < -0.4 is 0 Å². The predicted molar refractivity (Wildman–Crippen MR) is 88.8 cm³/mol. The van der Waals surface area contributed by atoms with Gasteiger partial charge in [0.25, 0.3) is 0 Å². The topological polar surface area (TPSA) is 0 Å². The average Bonchev–Trinajstić information content (AvgIpc) is 2.53. The molecule has 0 N–H and O–H groups in total. The lowest BCUT2D eigenvalue weighted by atomic mass is 9.85. The van der Waals surface area contributed by atoms with Gasteiger partial charge in [-0.25, -0.2) is 8.78 Å². The number of benzene rings is 2. The van der Waals surface area contributed by atoms with Gasteiger partial charge in [-0.1, -0.05) is 40.5 Å². The molecule has 0 saturated carbocycles. The molecule has 148 valence electrons. The predicted octanol–water partition coefficient (Wildman–Crippen LogP) is 7.76. The third kappa shape index (κ3) is 3.81. The number of aryl methyl sites for hydroxylation is 1. The molecule has 0 aliphatic rings. The SMILES string of the molecule is CCc1cc(Br)c(-c2cc(Cl)ccc2F)c(C(F)(C(F)(F)F)C(F)(F)F)c1. The second-order valence-electron chi connectivity index (χ2n) is 5.63. The summed E-state index contributed by atoms with van der Waals surface area (Å²) in [5.74, 6) is -1.16. The van der Waals surface area contributed by atoms with Gasteiger partial charge in [0, 0.05) is 26.2 Å². The van der Waals surface area contributed by atoms with Gasteiger partial charge >= 0.3 is 18.0 Å². The van der Waals surface area contributed by atoms with Crippen molar-refractivity contribution >= 4 is 27.5 Å². The summed E-state index contributed by atoms with van der Waals surface area (Å²) in [4.78, 5) is 0. The molecule has 0 nitrogen and oxygen atoms in total. The molecule has 2 aromatic rings. The summed E-state index contributed by atoms with van der Waals surface area (Å²) in [7, 11) is 0. The molecule has 0 atom stereocenters. The second-order valence-corrected chi connectivity index (χ2v) is 6.92. The minimum atomic E-state index is -6.33. The van der Waals surface area contributed by atoms with Crippen molar-refractivity contribution in [3.8, 4) is 11.1 Å². The maximum absolute atomic E-state index is 14.8. The summed E-state index contributed by atoms with van der Waals surface area (Å²) in [6.07, 6.45) is -12.6. The van der Waals surface area contributed by atoms with E-state index < -0.39 is 40.5 Å². The van der Waals surface area contributed by atoms with Crippen molar-refractivity contribution in [2.75, 3.05) is 0 Å². The highest BCUT2D eigenvalue weighted by Crippen LogP contribution is 2.56. The van der Waals surface area contributed by atoms with Gasteiger partial charge in [0.2, 0.25) is 0 Å². The fourth-order valence-corrected chi connectivity index (χ4v) is 3.46. The van der Waals surface area contributed by atoms with Crippen LogP contribution in [0.2, 0.25) is 5.02 Å². The Kier molecular flexibility index (Phi) is 5.88. The Bertz CT molecular complexity index is 843. The van der Waals surface area contributed by atoms with E-state index >= 15 is 0 Å². The molecule has 0 saturated heterocycles. The highest BCUT2D eigenvalue weighted by Gasteiger charge is 2.74. The van der Waals surface area contributed by atoms with Crippen molar-refractivity contribution in [1.82, 2.24) is 0 Å². The summed E-state index contributed by atoms with van der Waals surface area (Å²) in [6, 6.07) is 4.31. The van der Waals surface area contributed by atoms with E-state index in [0.717, 1.165) is 18.2 Å². The molecule has 0 aliphatic carbocycles. The van der Waals surface area contributed by atoms with Gasteiger partial charge in [-0.3, -0.25) is 0 Å². The quantitative estimate of drug-likeness (QED) is 0.393. The molecule has 0 unspecified atom stereocenters. The van der Waals surface area contributed by atoms with Crippen LogP contribution in [0.3, 0.4) is 0 Å². The van der Waals surface area contributed by atoms with Crippen LogP contribution in [0.1, 0.15) is 18.1 Å². The number of hydrogen-bond donors (Lipinski definition) is 0. The molecule has 10 heteroatoms. The summed E-state index contributed by atoms with van der Waals surface area (Å²) in [6.45, 7) is 1.46. The first kappa shape index (κ1) is 21.9. The zero-order valence-corrected chi connectivity index (χ0v) is 15.7. The lowest BCUT2D eigenvalue weighted by Gasteiger charge is -2.32. The Morgan fingerprint density at radius 3 is 1.96 bits per heavy atom. The highest BCUT2D eigenvalue weighted by molar-refractivity contribution is 9.10. The molecule has 0 aliphatic heterocycles. The van der Waals surface area contributed by atoms with E-state index in [9.17, 15) is 35.1 Å². The van der Waals surface area contributed by atoms with Crippen LogP contribution in [0, 0.1) is 5.82 Å². The smallest absolute Gasteiger partial charge is 0.218 e. The van der Waals surface area contributed by atoms with Crippen molar-refractivity contribution < 1.29 is 35.1 Å². The maximum Gasteiger partial charge on any atom is 0.435 e. The Balaban J connectivity index is 3.02. The van der Waals surface area contributed by atoms with Gasteiger partial charge in [-0.05, 0) is 36.2 Å². The molecule has 0 fully saturated rings. The second kappa shape index (κ2) is 7.24. The van der Waals surface area contributed by atoms with E-state index in [-0.39, 0.29) is 21.5 Å². The normalized spacial score (nSPS) is 13.1. The van der Waals surface area contributed by atoms with Crippen molar-refractivity contribution in [2.24, 2.45) is 0 Å². The monoisotopic (exact) mass is 480 g/mol. The van der Waals surface area contributed by atoms with Crippen LogP contribution in [0.5, 0.6) is 0 Å². The Labute approximate surface area is 162 Å². The van der Waals surface area contributed by atoms with Gasteiger partial charge in [-0.2, -0.15) is 26.3 Å². The van der Waals surface area contributed by atoms with Gasteiger partial charge in [0.1, 0.15) is 5.82 Å². The molecule has 0 heterocycles. The molecule has 27 heavy (non-hydrogen) atoms. The summed E-state index contributed by atoms with van der Waals surface area (Å²) in [5, 5.41) is -0.146. The van der Waals surface area contributed by atoms with E-state index in [1.54, 1.807) is 0 Å². The molecule has 0 aromatic heterocycles. The van der Waals surface area contributed by atoms with Crippen molar-refractivity contribution in [3.63, 3.8) is 0 Å². The van der Waals surface area contributed by atoms with E-state index in [0.29, 0.717) is 6.07 Å². The van der Waals surface area contributed by atoms with Crippen LogP contribution in [0.25, 0.3) is 11.1 Å². The largest absolute Gasteiger partial charge is 0.435 e. The van der Waals surface area contributed by atoms with Crippen LogP contribution in [-0.2, 0) is 12.1 Å². The maximum atomic E-state index is 14.8. The van der Waals surface area contributed by atoms with E-state index in [1.165, 1.54) is 13.0 Å². The lowest BCUT2D eigenvalue weighted by molar-refractivity contribution is -0.348. The Hall–Kier alpha value is -1.35. The number of rotatable bonds is 3. The van der Waals surface area contributed by atoms with E-state index in [1.807, 2.05) is 0 Å². The van der Waals surface area contributed by atoms with E-state index in [2.05, 4.69) is 15.9 Å². The lowest BCUT2D eigenvalue weighted by Crippen LogP contribution is -2.50. The number of halogens is 10. The van der Waals surface area contributed by atoms with Crippen molar-refractivity contribution in [1.29, 1.82) is 0 Å². The molecular weight excluding hydrogens is 472 g/mol. The van der Waals surface area contributed by atoms with Crippen LogP contribution >= 0.6 is 27.5 Å². The van der Waals surface area contributed by atoms with Gasteiger partial charge < -0.3 is 0 Å². The molecule has 0 spiro atoms. The molecular formula is C17H10BrClF8. The van der Waals surface area contributed by atoms with Gasteiger partial charge in [0.15, 0.2) is 0 Å². The van der Waals surface area contributed by atoms with Crippen LogP contribution in [0.15, 0.2) is 34.8 Å². The molecule has 0 radical (unpaired) electrons. The zero-order valence-electron chi connectivity index (χ0n) is 13.4. The fourth-order valence-electron chi connectivity index (χ4n) is 2.57. The van der Waals surface area contributed by atoms with Crippen LogP contribution in [0.4, 0.5) is 35.1 Å². The number of alkyl halides is 7. The molecule has 0 bridgehead atoms. The summed E-state index contributed by atoms with van der Waals surface area (Å²) in [5.41, 5.74) is -9.07. The van der Waals surface area contributed by atoms with Gasteiger partial charge in [-0.15, -0.1) is 0 Å². The third-order valence-electron chi connectivity index (χ3n) is 3.91. The summed E-state index contributed by atoms with van der Waals surface area (Å²) < 4.78 is 108. The standard InChI is InChI=1S/C17H10BrClF8/c1-2-8-5-11(15(21,16(22,23)24)17(25,26)27)14(12(18)6-8)10-7-9(19)3-4-13(10)20/h3-7H,2H2,1H3. The van der Waals surface area contributed by atoms with Crippen LogP contribution in [-0.4, -0.2) is 12.4 Å². The third-order valence-corrected chi connectivity index (χ3v) is 4.77. The average molecular weight is 482 g/mol. The minimum Gasteiger partial charge on any atom is -0.218 e. The molecule has 2 rings (SSSR count). The first-order valence-electron chi connectivity index (χ1n) is 7.34. The minimum absolute atomic E-state index is 0.00131. The molecule has 0 amide bonds. The van der Waals surface area contributed by atoms with Crippen molar-refractivity contribution in [3.05, 3.63) is 56.8 Å². The number of hydrogen-bond acceptors (Lipinski definition) is 0. The Morgan fingerprint density at radius 1 is 0.926 bits per heavy atom. The highest BCUT2D eigenvalue weighted by atomic mass is 79.9.